The van der Waals surface area contributed by atoms with E-state index in [4.69, 9.17) is 11.5 Å². The molecule has 308 valence electrons. The first-order chi connectivity index (χ1) is 25.9. The Morgan fingerprint density at radius 2 is 1.29 bits per heavy atom. The number of aliphatic carboxylic acids is 2. The number of carbonyl (C=O) groups is 8. The number of thioether (sulfide) groups is 1. The number of carbonyl (C=O) groups excluding carboxylic acids is 6. The molecule has 13 N–H and O–H groups in total. The highest BCUT2D eigenvalue weighted by atomic mass is 32.2. The van der Waals surface area contributed by atoms with Gasteiger partial charge in [0.2, 0.25) is 35.4 Å². The molecule has 7 atom stereocenters. The first-order valence-corrected chi connectivity index (χ1v) is 19.2. The van der Waals surface area contributed by atoms with Crippen molar-refractivity contribution in [3.05, 3.63) is 35.9 Å². The van der Waals surface area contributed by atoms with E-state index in [1.54, 1.807) is 50.4 Å². The number of hydrogen-bond donors (Lipinski definition) is 11. The van der Waals surface area contributed by atoms with Crippen LogP contribution in [0.2, 0.25) is 0 Å². The lowest BCUT2D eigenvalue weighted by Crippen LogP contribution is -2.59. The number of aliphatic hydroxyl groups excluding tert-OH is 1. The van der Waals surface area contributed by atoms with Crippen LogP contribution in [0.5, 0.6) is 0 Å². The van der Waals surface area contributed by atoms with E-state index in [2.05, 4.69) is 31.9 Å². The number of carboxylic acid groups (broad SMARTS) is 2. The van der Waals surface area contributed by atoms with E-state index in [-0.39, 0.29) is 25.8 Å². The summed E-state index contributed by atoms with van der Waals surface area (Å²) in [5.74, 6) is -8.02. The second-order valence-corrected chi connectivity index (χ2v) is 14.2. The van der Waals surface area contributed by atoms with E-state index in [1.165, 1.54) is 18.7 Å². The molecule has 0 unspecified atom stereocenters. The first-order valence-electron chi connectivity index (χ1n) is 17.8. The fourth-order valence-corrected chi connectivity index (χ4v) is 5.51. The molecule has 55 heavy (non-hydrogen) atoms. The predicted octanol–water partition coefficient (Wildman–Crippen LogP) is -2.43. The fourth-order valence-electron chi connectivity index (χ4n) is 5.04. The number of rotatable bonds is 26. The molecule has 0 fully saturated rings. The Labute approximate surface area is 324 Å². The quantitative estimate of drug-likeness (QED) is 0.0435. The third-order valence-corrected chi connectivity index (χ3v) is 8.89. The summed E-state index contributed by atoms with van der Waals surface area (Å²) in [6, 6.07) is 0.461. The van der Waals surface area contributed by atoms with Gasteiger partial charge in [-0.05, 0) is 62.6 Å². The topological polar surface area (TPSA) is 321 Å². The van der Waals surface area contributed by atoms with Crippen LogP contribution >= 0.6 is 11.8 Å². The number of nitrogens with one attached hydrogen (secondary N) is 6. The Bertz CT molecular complexity index is 1450. The summed E-state index contributed by atoms with van der Waals surface area (Å²) in [5, 5.41) is 43.4. The average Bonchev–Trinajstić information content (AvgIpc) is 3.12. The first kappa shape index (κ1) is 48.2. The van der Waals surface area contributed by atoms with E-state index in [0.29, 0.717) is 24.2 Å². The van der Waals surface area contributed by atoms with E-state index in [1.807, 2.05) is 0 Å². The van der Waals surface area contributed by atoms with Crippen molar-refractivity contribution >= 4 is 59.1 Å². The summed E-state index contributed by atoms with van der Waals surface area (Å²) in [4.78, 5) is 102. The monoisotopic (exact) mass is 796 g/mol. The van der Waals surface area contributed by atoms with Gasteiger partial charge in [-0.3, -0.25) is 33.6 Å². The van der Waals surface area contributed by atoms with E-state index >= 15 is 0 Å². The molecule has 0 aliphatic heterocycles. The molecule has 20 heteroatoms. The minimum atomic E-state index is -1.72. The van der Waals surface area contributed by atoms with Gasteiger partial charge in [-0.25, -0.2) is 4.79 Å². The molecule has 0 radical (unpaired) electrons. The van der Waals surface area contributed by atoms with Crippen molar-refractivity contribution in [3.8, 4) is 0 Å². The van der Waals surface area contributed by atoms with Crippen LogP contribution in [0, 0.1) is 5.92 Å². The molecule has 0 heterocycles. The number of amides is 6. The zero-order valence-electron chi connectivity index (χ0n) is 31.5. The minimum absolute atomic E-state index is 0.0209. The van der Waals surface area contributed by atoms with Gasteiger partial charge in [0.1, 0.15) is 36.3 Å². The number of unbranched alkanes of at least 4 members (excludes halogenated alkanes) is 1. The Kier molecular flexibility index (Phi) is 22.2. The Morgan fingerprint density at radius 3 is 1.82 bits per heavy atom. The van der Waals surface area contributed by atoms with Crippen LogP contribution in [0.15, 0.2) is 30.3 Å². The summed E-state index contributed by atoms with van der Waals surface area (Å²) in [7, 11) is 0. The maximum atomic E-state index is 13.5. The van der Waals surface area contributed by atoms with Crippen LogP contribution in [-0.4, -0.2) is 130 Å². The van der Waals surface area contributed by atoms with Gasteiger partial charge in [0, 0.05) is 6.42 Å². The molecule has 1 aromatic carbocycles. The molecular weight excluding hydrogens is 740 g/mol. The predicted molar refractivity (Wildman–Crippen MR) is 203 cm³/mol. The number of benzene rings is 1. The molecule has 0 aromatic heterocycles. The molecule has 1 rings (SSSR count). The Balaban J connectivity index is 3.11. The van der Waals surface area contributed by atoms with Crippen molar-refractivity contribution in [2.45, 2.75) is 102 Å². The van der Waals surface area contributed by atoms with Crippen LogP contribution < -0.4 is 43.4 Å². The SMILES string of the molecule is CSCC[C@H](NC(=O)CNC(=O)[C@@H](NC(=O)[C@@H](N)[C@@H](C)O)C(C)C)C(=O)N[C@@H](CC(=O)O)C(=O)N[C@@H](CCCCN)C(=O)N[C@@H](Cc1ccccc1)C(=O)O. The lowest BCUT2D eigenvalue weighted by atomic mass is 10.0. The highest BCUT2D eigenvalue weighted by molar-refractivity contribution is 7.98. The molecule has 0 saturated heterocycles. The highest BCUT2D eigenvalue weighted by Crippen LogP contribution is 2.09. The molecular formula is C35H56N8O11S. The van der Waals surface area contributed by atoms with Gasteiger partial charge in [0.15, 0.2) is 0 Å². The van der Waals surface area contributed by atoms with Gasteiger partial charge in [0.05, 0.1) is 19.1 Å². The number of nitrogens with two attached hydrogens (primary N) is 2. The third kappa shape index (κ3) is 18.4. The van der Waals surface area contributed by atoms with Gasteiger partial charge in [-0.2, -0.15) is 11.8 Å². The molecule has 0 bridgehead atoms. The van der Waals surface area contributed by atoms with Crippen molar-refractivity contribution in [1.82, 2.24) is 31.9 Å². The fraction of sp³-hybridized carbons (Fsp3) is 0.600. The van der Waals surface area contributed by atoms with Gasteiger partial charge < -0.3 is 58.7 Å². The lowest BCUT2D eigenvalue weighted by molar-refractivity contribution is -0.143. The van der Waals surface area contributed by atoms with E-state index in [9.17, 15) is 53.7 Å². The van der Waals surface area contributed by atoms with Crippen LogP contribution in [0.4, 0.5) is 0 Å². The van der Waals surface area contributed by atoms with E-state index in [0.717, 1.165) is 0 Å². The summed E-state index contributed by atoms with van der Waals surface area (Å²) in [5.41, 5.74) is 11.9. The Morgan fingerprint density at radius 1 is 0.727 bits per heavy atom. The normalized spacial score (nSPS) is 14.8. The summed E-state index contributed by atoms with van der Waals surface area (Å²) >= 11 is 1.34. The molecule has 1 aromatic rings. The molecule has 0 spiro atoms. The van der Waals surface area contributed by atoms with Gasteiger partial charge >= 0.3 is 11.9 Å². The zero-order valence-corrected chi connectivity index (χ0v) is 32.4. The standard InChI is InChI=1S/C35H56N8O11S/c1-19(2)29(43-33(51)28(37)20(3)44)34(52)38-18-26(45)39-23(13-15-55-4)31(49)41-24(17-27(46)47)32(50)40-22(12-8-9-14-36)30(48)42-25(35(53)54)16-21-10-6-5-7-11-21/h5-7,10-11,19-20,22-25,28-29,44H,8-9,12-18,36-37H2,1-4H3,(H,38,52)(H,39,45)(H,40,50)(H,41,49)(H,42,48)(H,43,51)(H,46,47)(H,53,54)/t20-,22+,23+,24+,25+,28+,29+/m1/s1. The van der Waals surface area contributed by atoms with Crippen molar-refractivity contribution < 1.29 is 53.7 Å². The van der Waals surface area contributed by atoms with Gasteiger partial charge in [-0.15, -0.1) is 0 Å². The second-order valence-electron chi connectivity index (χ2n) is 13.2. The van der Waals surface area contributed by atoms with Crippen molar-refractivity contribution in [3.63, 3.8) is 0 Å². The number of aliphatic hydroxyl groups is 1. The average molecular weight is 797 g/mol. The van der Waals surface area contributed by atoms with Crippen LogP contribution in [-0.2, 0) is 44.8 Å². The molecule has 0 aliphatic carbocycles. The van der Waals surface area contributed by atoms with Crippen LogP contribution in [0.1, 0.15) is 58.4 Å². The maximum absolute atomic E-state index is 13.5. The van der Waals surface area contributed by atoms with Crippen LogP contribution in [0.25, 0.3) is 0 Å². The third-order valence-electron chi connectivity index (χ3n) is 8.24. The molecule has 0 saturated carbocycles. The number of hydrogen-bond acceptors (Lipinski definition) is 12. The van der Waals surface area contributed by atoms with Crippen molar-refractivity contribution in [1.29, 1.82) is 0 Å². The second kappa shape index (κ2) is 25.3. The minimum Gasteiger partial charge on any atom is -0.481 e. The molecule has 19 nitrogen and oxygen atoms in total. The summed E-state index contributed by atoms with van der Waals surface area (Å²) in [6.45, 7) is 4.24. The molecule has 0 aliphatic rings. The largest absolute Gasteiger partial charge is 0.481 e. The zero-order chi connectivity index (χ0) is 41.7. The van der Waals surface area contributed by atoms with Gasteiger partial charge in [-0.1, -0.05) is 44.2 Å². The maximum Gasteiger partial charge on any atom is 0.326 e. The lowest BCUT2D eigenvalue weighted by Gasteiger charge is -2.26. The van der Waals surface area contributed by atoms with Gasteiger partial charge in [0.25, 0.3) is 0 Å². The highest BCUT2D eigenvalue weighted by Gasteiger charge is 2.33. The Hall–Kier alpha value is -4.79. The summed E-state index contributed by atoms with van der Waals surface area (Å²) < 4.78 is 0. The summed E-state index contributed by atoms with van der Waals surface area (Å²) in [6.07, 6.45) is 0.473. The van der Waals surface area contributed by atoms with Crippen LogP contribution in [0.3, 0.4) is 0 Å². The van der Waals surface area contributed by atoms with Crippen molar-refractivity contribution in [2.24, 2.45) is 17.4 Å². The molecule has 6 amide bonds. The number of carboxylic acids is 2. The smallest absolute Gasteiger partial charge is 0.326 e. The van der Waals surface area contributed by atoms with E-state index < -0.39 is 109 Å². The van der Waals surface area contributed by atoms with Crippen molar-refractivity contribution in [2.75, 3.05) is 25.1 Å².